The van der Waals surface area contributed by atoms with Crippen LogP contribution in [0.3, 0.4) is 0 Å². The van der Waals surface area contributed by atoms with E-state index < -0.39 is 17.6 Å². The normalized spacial score (nSPS) is 12.5. The maximum absolute atomic E-state index is 13.1. The van der Waals surface area contributed by atoms with Gasteiger partial charge >= 0.3 is 6.18 Å². The summed E-state index contributed by atoms with van der Waals surface area (Å²) in [7, 11) is 0. The zero-order chi connectivity index (χ0) is 19.0. The molecule has 0 spiro atoms. The molecule has 0 saturated carbocycles. The molecule has 0 aliphatic carbocycles. The number of rotatable bonds is 4. The lowest BCUT2D eigenvalue weighted by Crippen LogP contribution is -2.27. The van der Waals surface area contributed by atoms with Crippen LogP contribution in [-0.4, -0.2) is 27.0 Å². The molecule has 0 atom stereocenters. The average Bonchev–Trinajstić information content (AvgIpc) is 2.79. The van der Waals surface area contributed by atoms with Gasteiger partial charge in [-0.15, -0.1) is 0 Å². The molecule has 0 unspecified atom stereocenters. The number of hydrogen-bond acceptors (Lipinski definition) is 4. The predicted molar refractivity (Wildman–Crippen MR) is 86.8 cm³/mol. The number of alkyl halides is 3. The molecule has 2 aromatic heterocycles. The number of halogens is 4. The second-order valence-electron chi connectivity index (χ2n) is 6.80. The van der Waals surface area contributed by atoms with Gasteiger partial charge in [0.1, 0.15) is 5.82 Å². The van der Waals surface area contributed by atoms with Gasteiger partial charge in [0.25, 0.3) is 5.91 Å². The number of pyridine rings is 1. The number of fused-ring (bicyclic) bond motifs is 1. The van der Waals surface area contributed by atoms with Crippen molar-refractivity contribution in [1.29, 1.82) is 0 Å². The Bertz CT molecular complexity index is 797. The lowest BCUT2D eigenvalue weighted by molar-refractivity contribution is -0.137. The van der Waals surface area contributed by atoms with Crippen LogP contribution in [0.1, 0.15) is 32.0 Å². The molecule has 6 nitrogen and oxygen atoms in total. The first-order valence-corrected chi connectivity index (χ1v) is 7.74. The fraction of sp³-hybridized carbons (Fsp3) is 0.467. The van der Waals surface area contributed by atoms with Crippen molar-refractivity contribution in [3.8, 4) is 0 Å². The van der Waals surface area contributed by atoms with Crippen molar-refractivity contribution in [2.75, 3.05) is 11.9 Å². The van der Waals surface area contributed by atoms with Gasteiger partial charge in [0.15, 0.2) is 5.65 Å². The van der Waals surface area contributed by atoms with Crippen molar-refractivity contribution in [3.05, 3.63) is 28.5 Å². The molecular formula is C15H18ClF3N4O2. The van der Waals surface area contributed by atoms with E-state index >= 15 is 0 Å². The number of hydrogen-bond donors (Lipinski definition) is 3. The van der Waals surface area contributed by atoms with Crippen molar-refractivity contribution in [2.24, 2.45) is 5.41 Å². The molecule has 0 aliphatic rings. The Labute approximate surface area is 146 Å². The van der Waals surface area contributed by atoms with Crippen molar-refractivity contribution < 1.29 is 23.2 Å². The Morgan fingerprint density at radius 3 is 2.52 bits per heavy atom. The van der Waals surface area contributed by atoms with Crippen molar-refractivity contribution >= 4 is 29.0 Å². The van der Waals surface area contributed by atoms with Gasteiger partial charge in [-0.05, 0) is 17.9 Å². The summed E-state index contributed by atoms with van der Waals surface area (Å²) in [6, 6.07) is 0.814. The van der Waals surface area contributed by atoms with E-state index in [-0.39, 0.29) is 28.4 Å². The third kappa shape index (κ3) is 4.55. The van der Waals surface area contributed by atoms with Crippen LogP contribution in [0.2, 0.25) is 5.02 Å². The van der Waals surface area contributed by atoms with Crippen LogP contribution in [0.25, 0.3) is 5.65 Å². The van der Waals surface area contributed by atoms with Crippen LogP contribution >= 0.6 is 11.6 Å². The molecule has 2 rings (SSSR count). The SMILES string of the molecule is CC(C)(C)Cc1nc2c(Cl)cc(C(F)(F)F)cn2c1NCC(=O)NO. The highest BCUT2D eigenvalue weighted by Crippen LogP contribution is 2.35. The Balaban J connectivity index is 2.62. The van der Waals surface area contributed by atoms with Crippen LogP contribution in [0.15, 0.2) is 12.3 Å². The number of anilines is 1. The second-order valence-corrected chi connectivity index (χ2v) is 7.21. The summed E-state index contributed by atoms with van der Waals surface area (Å²) >= 11 is 5.98. The molecule has 25 heavy (non-hydrogen) atoms. The van der Waals surface area contributed by atoms with Gasteiger partial charge in [-0.3, -0.25) is 14.4 Å². The number of amides is 1. The van der Waals surface area contributed by atoms with E-state index in [4.69, 9.17) is 16.8 Å². The minimum absolute atomic E-state index is 0.148. The number of imidazole rings is 1. The van der Waals surface area contributed by atoms with Crippen LogP contribution in [0.4, 0.5) is 19.0 Å². The van der Waals surface area contributed by atoms with Gasteiger partial charge in [0, 0.05) is 6.20 Å². The van der Waals surface area contributed by atoms with Crippen LogP contribution in [-0.2, 0) is 17.4 Å². The maximum Gasteiger partial charge on any atom is 0.417 e. The molecule has 138 valence electrons. The number of nitrogens with zero attached hydrogens (tertiary/aromatic N) is 2. The summed E-state index contributed by atoms with van der Waals surface area (Å²) in [4.78, 5) is 15.6. The van der Waals surface area contributed by atoms with E-state index in [9.17, 15) is 18.0 Å². The lowest BCUT2D eigenvalue weighted by Gasteiger charge is -2.18. The van der Waals surface area contributed by atoms with E-state index in [1.165, 1.54) is 9.88 Å². The van der Waals surface area contributed by atoms with Crippen LogP contribution in [0, 0.1) is 5.41 Å². The Morgan fingerprint density at radius 2 is 2.00 bits per heavy atom. The Morgan fingerprint density at radius 1 is 1.36 bits per heavy atom. The summed E-state index contributed by atoms with van der Waals surface area (Å²) in [5, 5.41) is 11.2. The number of aromatic nitrogens is 2. The third-order valence-corrected chi connectivity index (χ3v) is 3.59. The fourth-order valence-corrected chi connectivity index (χ4v) is 2.57. The average molecular weight is 379 g/mol. The molecule has 0 aliphatic heterocycles. The largest absolute Gasteiger partial charge is 0.417 e. The van der Waals surface area contributed by atoms with E-state index in [1.54, 1.807) is 0 Å². The van der Waals surface area contributed by atoms with E-state index in [0.717, 1.165) is 12.3 Å². The van der Waals surface area contributed by atoms with Gasteiger partial charge in [0.05, 0.1) is 22.8 Å². The highest BCUT2D eigenvalue weighted by molar-refractivity contribution is 6.33. The van der Waals surface area contributed by atoms with Crippen molar-refractivity contribution in [1.82, 2.24) is 14.9 Å². The highest BCUT2D eigenvalue weighted by atomic mass is 35.5. The molecule has 0 saturated heterocycles. The first-order chi connectivity index (χ1) is 11.4. The minimum atomic E-state index is -4.58. The third-order valence-electron chi connectivity index (χ3n) is 3.31. The highest BCUT2D eigenvalue weighted by Gasteiger charge is 2.32. The fourth-order valence-electron chi connectivity index (χ4n) is 2.32. The van der Waals surface area contributed by atoms with Crippen LogP contribution in [0.5, 0.6) is 0 Å². The van der Waals surface area contributed by atoms with Crippen molar-refractivity contribution in [2.45, 2.75) is 33.4 Å². The van der Waals surface area contributed by atoms with Crippen LogP contribution < -0.4 is 10.8 Å². The summed E-state index contributed by atoms with van der Waals surface area (Å²) in [5.74, 6) is -0.517. The molecular weight excluding hydrogens is 361 g/mol. The topological polar surface area (TPSA) is 78.7 Å². The van der Waals surface area contributed by atoms with E-state index in [1.807, 2.05) is 20.8 Å². The first kappa shape index (κ1) is 19.3. The molecule has 0 fully saturated rings. The second kappa shape index (κ2) is 6.72. The molecule has 2 aromatic rings. The Kier molecular flexibility index (Phi) is 5.19. The number of carbonyl (C=O) groups excluding carboxylic acids is 1. The van der Waals surface area contributed by atoms with E-state index in [0.29, 0.717) is 12.1 Å². The lowest BCUT2D eigenvalue weighted by atomic mass is 9.90. The van der Waals surface area contributed by atoms with Gasteiger partial charge in [-0.25, -0.2) is 10.5 Å². The number of hydroxylamine groups is 1. The molecule has 1 amide bonds. The summed E-state index contributed by atoms with van der Waals surface area (Å²) in [6.45, 7) is 5.51. The van der Waals surface area contributed by atoms with Gasteiger partial charge in [0.2, 0.25) is 0 Å². The monoisotopic (exact) mass is 378 g/mol. The molecule has 0 aromatic carbocycles. The molecule has 0 radical (unpaired) electrons. The molecule has 2 heterocycles. The zero-order valence-electron chi connectivity index (χ0n) is 13.8. The summed E-state index contributed by atoms with van der Waals surface area (Å²) in [6.07, 6.45) is -3.26. The summed E-state index contributed by atoms with van der Waals surface area (Å²) < 4.78 is 40.4. The summed E-state index contributed by atoms with van der Waals surface area (Å²) in [5.41, 5.74) is 0.946. The Hall–Kier alpha value is -2.00. The molecule has 3 N–H and O–H groups in total. The first-order valence-electron chi connectivity index (χ1n) is 7.37. The quantitative estimate of drug-likeness (QED) is 0.562. The number of carbonyl (C=O) groups is 1. The predicted octanol–water partition coefficient (Wildman–Crippen LogP) is 3.51. The van der Waals surface area contributed by atoms with Gasteiger partial charge in [-0.1, -0.05) is 32.4 Å². The van der Waals surface area contributed by atoms with Gasteiger partial charge in [-0.2, -0.15) is 13.2 Å². The number of nitrogens with one attached hydrogen (secondary N) is 2. The maximum atomic E-state index is 13.1. The van der Waals surface area contributed by atoms with Gasteiger partial charge < -0.3 is 5.32 Å². The van der Waals surface area contributed by atoms with E-state index in [2.05, 4.69) is 10.3 Å². The smallest absolute Gasteiger partial charge is 0.360 e. The standard InChI is InChI=1S/C15H18ClF3N4O2/c1-14(2,3)5-10-13(20-6-11(24)22-25)23-7-8(15(17,18)19)4-9(16)12(23)21-10/h4,7,20,25H,5-6H2,1-3H3,(H,22,24). The molecule has 0 bridgehead atoms. The minimum Gasteiger partial charge on any atom is -0.360 e. The molecule has 10 heteroatoms. The van der Waals surface area contributed by atoms with Crippen molar-refractivity contribution in [3.63, 3.8) is 0 Å². The zero-order valence-corrected chi connectivity index (χ0v) is 14.6.